The number of benzene rings is 1. The zero-order valence-electron chi connectivity index (χ0n) is 20.5. The predicted molar refractivity (Wildman–Crippen MR) is 158 cm³/mol. The van der Waals surface area contributed by atoms with Crippen LogP contribution in [0.5, 0.6) is 0 Å². The molecule has 0 saturated heterocycles. The quantitative estimate of drug-likeness (QED) is 0.180. The number of anilines is 1. The smallest absolute Gasteiger partial charge is 0.303 e. The highest BCUT2D eigenvalue weighted by molar-refractivity contribution is 14.1. The van der Waals surface area contributed by atoms with Gasteiger partial charge in [-0.2, -0.15) is 0 Å². The molecule has 0 saturated carbocycles. The Kier molecular flexibility index (Phi) is 14.5. The van der Waals surface area contributed by atoms with Crippen LogP contribution in [0.2, 0.25) is 0 Å². The molecule has 3 amide bonds. The zero-order valence-corrected chi connectivity index (χ0v) is 27.0. The molecule has 12 nitrogen and oxygen atoms in total. The molecular formula is C22H28I3N3O9. The molecule has 0 radical (unpaired) electrons. The largest absolute Gasteiger partial charge is 0.462 e. The minimum absolute atomic E-state index is 0.0986. The van der Waals surface area contributed by atoms with Crippen LogP contribution in [0, 0.1) is 10.7 Å². The topological polar surface area (TPSA) is 172 Å². The van der Waals surface area contributed by atoms with Gasteiger partial charge in [-0.05, 0) is 67.8 Å². The molecule has 206 valence electrons. The molecule has 1 aromatic rings. The Morgan fingerprint density at radius 3 is 2.11 bits per heavy atom. The van der Waals surface area contributed by atoms with E-state index in [0.717, 1.165) is 0 Å². The summed E-state index contributed by atoms with van der Waals surface area (Å²) in [7, 11) is 1.44. The number of nitrogens with one attached hydrogen (secondary N) is 2. The molecule has 0 aliphatic heterocycles. The molecule has 0 spiro atoms. The number of esters is 2. The Hall–Kier alpha value is -1.32. The Balaban J connectivity index is 3.50. The molecule has 0 aliphatic rings. The first-order valence-corrected chi connectivity index (χ1v) is 14.1. The van der Waals surface area contributed by atoms with E-state index in [0.29, 0.717) is 7.14 Å². The third-order valence-electron chi connectivity index (χ3n) is 4.68. The Labute approximate surface area is 255 Å². The molecule has 2 unspecified atom stereocenters. The molecule has 15 heteroatoms. The maximum absolute atomic E-state index is 13.3. The first kappa shape index (κ1) is 33.7. The number of ether oxygens (including phenoxy) is 2. The molecule has 1 rings (SSSR count). The van der Waals surface area contributed by atoms with Gasteiger partial charge in [-0.15, -0.1) is 0 Å². The van der Waals surface area contributed by atoms with E-state index >= 15 is 0 Å². The second-order valence-electron chi connectivity index (χ2n) is 7.73. The first-order chi connectivity index (χ1) is 17.2. The van der Waals surface area contributed by atoms with Crippen molar-refractivity contribution < 1.29 is 43.7 Å². The lowest BCUT2D eigenvalue weighted by Crippen LogP contribution is -2.39. The van der Waals surface area contributed by atoms with Gasteiger partial charge in [-0.1, -0.05) is 6.92 Å². The maximum Gasteiger partial charge on any atom is 0.303 e. The second kappa shape index (κ2) is 15.9. The zero-order chi connectivity index (χ0) is 28.4. The van der Waals surface area contributed by atoms with Crippen LogP contribution in [0.15, 0.2) is 0 Å². The molecular weight excluding hydrogens is 831 g/mol. The van der Waals surface area contributed by atoms with E-state index in [1.54, 1.807) is 6.92 Å². The van der Waals surface area contributed by atoms with E-state index in [-0.39, 0.29) is 52.4 Å². The lowest BCUT2D eigenvalue weighted by atomic mass is 10.1. The summed E-state index contributed by atoms with van der Waals surface area (Å²) >= 11 is 5.68. The van der Waals surface area contributed by atoms with Crippen molar-refractivity contribution in [2.75, 3.05) is 38.7 Å². The third kappa shape index (κ3) is 10.1. The first-order valence-electron chi connectivity index (χ1n) is 10.9. The molecule has 2 atom stereocenters. The lowest BCUT2D eigenvalue weighted by molar-refractivity contribution is -0.155. The standard InChI is InChI=1S/C22H28I3N3O9/c1-5-14(33)27-20-18(24)15(21(34)26-6-13(37-11(3)31)9-36-10(2)30)17(23)16(19(20)25)22(35)28(4)7-12(32)8-29/h12-13,29,32H,5-9H2,1-4H3,(H,26,34)(H,27,33). The SMILES string of the molecule is CCC(=O)Nc1c(I)c(C(=O)NCC(COC(C)=O)OC(C)=O)c(I)c(C(=O)N(C)CC(O)CO)c1I. The summed E-state index contributed by atoms with van der Waals surface area (Å²) in [4.78, 5) is 62.7. The number of carbonyl (C=O) groups excluding carboxylic acids is 5. The van der Waals surface area contributed by atoms with Crippen molar-refractivity contribution in [1.82, 2.24) is 10.2 Å². The summed E-state index contributed by atoms with van der Waals surface area (Å²) < 4.78 is 11.1. The minimum atomic E-state index is -1.16. The fourth-order valence-corrected chi connectivity index (χ4v) is 7.30. The number of hydrogen-bond acceptors (Lipinski definition) is 9. The second-order valence-corrected chi connectivity index (χ2v) is 11.0. The molecule has 4 N–H and O–H groups in total. The maximum atomic E-state index is 13.3. The van der Waals surface area contributed by atoms with E-state index < -0.39 is 42.6 Å². The molecule has 0 heterocycles. The molecule has 1 aromatic carbocycles. The number of amides is 3. The van der Waals surface area contributed by atoms with E-state index in [2.05, 4.69) is 10.6 Å². The van der Waals surface area contributed by atoms with Crippen LogP contribution in [-0.4, -0.2) is 90.3 Å². The van der Waals surface area contributed by atoms with Gasteiger partial charge in [-0.3, -0.25) is 24.0 Å². The van der Waals surface area contributed by atoms with Crippen LogP contribution in [0.4, 0.5) is 5.69 Å². The summed E-state index contributed by atoms with van der Waals surface area (Å²) in [5.74, 6) is -2.70. The minimum Gasteiger partial charge on any atom is -0.462 e. The molecule has 0 aromatic heterocycles. The number of carbonyl (C=O) groups is 5. The average molecular weight is 859 g/mol. The van der Waals surface area contributed by atoms with Crippen molar-refractivity contribution in [3.8, 4) is 0 Å². The third-order valence-corrected chi connectivity index (χ3v) is 7.92. The molecule has 37 heavy (non-hydrogen) atoms. The van der Waals surface area contributed by atoms with Gasteiger partial charge in [-0.25, -0.2) is 0 Å². The van der Waals surface area contributed by atoms with Gasteiger partial charge < -0.3 is 35.2 Å². The van der Waals surface area contributed by atoms with Gasteiger partial charge in [0, 0.05) is 37.4 Å². The number of aliphatic hydroxyl groups excluding tert-OH is 2. The summed E-state index contributed by atoms with van der Waals surface area (Å²) in [6, 6.07) is 0. The fourth-order valence-electron chi connectivity index (χ4n) is 2.91. The van der Waals surface area contributed by atoms with Crippen LogP contribution in [0.25, 0.3) is 0 Å². The fraction of sp³-hybridized carbons (Fsp3) is 0.500. The van der Waals surface area contributed by atoms with Crippen molar-refractivity contribution in [1.29, 1.82) is 0 Å². The van der Waals surface area contributed by atoms with Crippen molar-refractivity contribution >= 4 is 103 Å². The van der Waals surface area contributed by atoms with E-state index in [1.165, 1.54) is 25.8 Å². The number of hydrogen-bond donors (Lipinski definition) is 4. The summed E-state index contributed by atoms with van der Waals surface area (Å²) in [5, 5.41) is 24.3. The monoisotopic (exact) mass is 859 g/mol. The van der Waals surface area contributed by atoms with Crippen LogP contribution in [0.1, 0.15) is 47.9 Å². The number of likely N-dealkylation sites (N-methyl/N-ethyl adjacent to an activating group) is 1. The average Bonchev–Trinajstić information content (AvgIpc) is 2.82. The van der Waals surface area contributed by atoms with Gasteiger partial charge in [0.05, 0.1) is 43.2 Å². The van der Waals surface area contributed by atoms with Crippen molar-refractivity contribution in [2.24, 2.45) is 0 Å². The van der Waals surface area contributed by atoms with Gasteiger partial charge in [0.2, 0.25) is 5.91 Å². The summed E-state index contributed by atoms with van der Waals surface area (Å²) in [5.41, 5.74) is 0.498. The van der Waals surface area contributed by atoms with Gasteiger partial charge in [0.25, 0.3) is 11.8 Å². The highest BCUT2D eigenvalue weighted by Crippen LogP contribution is 2.36. The molecule has 0 fully saturated rings. The van der Waals surface area contributed by atoms with Crippen molar-refractivity contribution in [2.45, 2.75) is 39.4 Å². The number of halogens is 3. The normalized spacial score (nSPS) is 12.2. The highest BCUT2D eigenvalue weighted by atomic mass is 127. The predicted octanol–water partition coefficient (Wildman–Crippen LogP) is 1.50. The Morgan fingerprint density at radius 1 is 1.00 bits per heavy atom. The van der Waals surface area contributed by atoms with Gasteiger partial charge in [0.15, 0.2) is 6.10 Å². The molecule has 0 aliphatic carbocycles. The number of rotatable bonds is 12. The van der Waals surface area contributed by atoms with Crippen LogP contribution < -0.4 is 10.6 Å². The van der Waals surface area contributed by atoms with E-state index in [1.807, 2.05) is 67.8 Å². The van der Waals surface area contributed by atoms with E-state index in [9.17, 15) is 29.1 Å². The summed E-state index contributed by atoms with van der Waals surface area (Å²) in [6.45, 7) is 2.87. The Morgan fingerprint density at radius 2 is 1.59 bits per heavy atom. The van der Waals surface area contributed by atoms with E-state index in [4.69, 9.17) is 14.6 Å². The van der Waals surface area contributed by atoms with Crippen molar-refractivity contribution in [3.63, 3.8) is 0 Å². The number of aliphatic hydroxyl groups is 2. The molecule has 0 bridgehead atoms. The highest BCUT2D eigenvalue weighted by Gasteiger charge is 2.30. The van der Waals surface area contributed by atoms with Crippen LogP contribution in [0.3, 0.4) is 0 Å². The van der Waals surface area contributed by atoms with Crippen LogP contribution >= 0.6 is 67.8 Å². The summed E-state index contributed by atoms with van der Waals surface area (Å²) in [6.07, 6.45) is -1.95. The Bertz CT molecular complexity index is 1050. The van der Waals surface area contributed by atoms with Crippen molar-refractivity contribution in [3.05, 3.63) is 21.8 Å². The van der Waals surface area contributed by atoms with Crippen LogP contribution in [-0.2, 0) is 23.9 Å². The lowest BCUT2D eigenvalue weighted by Gasteiger charge is -2.24. The number of nitrogens with zero attached hydrogens (tertiary/aromatic N) is 1. The van der Waals surface area contributed by atoms with Gasteiger partial charge in [0.1, 0.15) is 6.61 Å². The van der Waals surface area contributed by atoms with Gasteiger partial charge >= 0.3 is 11.9 Å².